The van der Waals surface area contributed by atoms with Gasteiger partial charge in [0.2, 0.25) is 9.84 Å². The molecule has 0 radical (unpaired) electrons. The van der Waals surface area contributed by atoms with Crippen LogP contribution < -0.4 is 0 Å². The SMILES string of the molecule is O=S(=O)(C1=CCC2CCCCN2C1)c1ccccc1. The summed E-state index contributed by atoms with van der Waals surface area (Å²) in [7, 11) is -3.29. The summed E-state index contributed by atoms with van der Waals surface area (Å²) in [6.45, 7) is 1.62. The molecule has 0 spiro atoms. The van der Waals surface area contributed by atoms with Gasteiger partial charge in [0, 0.05) is 12.6 Å². The van der Waals surface area contributed by atoms with Gasteiger partial charge in [-0.1, -0.05) is 30.7 Å². The van der Waals surface area contributed by atoms with Crippen molar-refractivity contribution in [3.8, 4) is 0 Å². The molecule has 102 valence electrons. The van der Waals surface area contributed by atoms with Gasteiger partial charge < -0.3 is 0 Å². The summed E-state index contributed by atoms with van der Waals surface area (Å²) < 4.78 is 25.1. The Kier molecular flexibility index (Phi) is 3.46. The highest BCUT2D eigenvalue weighted by molar-refractivity contribution is 7.95. The van der Waals surface area contributed by atoms with E-state index in [1.807, 2.05) is 12.1 Å². The maximum absolute atomic E-state index is 12.6. The molecule has 0 N–H and O–H groups in total. The van der Waals surface area contributed by atoms with Gasteiger partial charge in [-0.05, 0) is 37.9 Å². The van der Waals surface area contributed by atoms with Crippen LogP contribution in [0, 0.1) is 0 Å². The minimum Gasteiger partial charge on any atom is -0.295 e. The van der Waals surface area contributed by atoms with E-state index < -0.39 is 9.84 Å². The molecule has 1 unspecified atom stereocenters. The first-order valence-corrected chi connectivity index (χ1v) is 8.39. The van der Waals surface area contributed by atoms with Gasteiger partial charge in [-0.15, -0.1) is 0 Å². The van der Waals surface area contributed by atoms with Crippen molar-refractivity contribution in [1.29, 1.82) is 0 Å². The lowest BCUT2D eigenvalue weighted by Crippen LogP contribution is -2.43. The summed E-state index contributed by atoms with van der Waals surface area (Å²) in [6.07, 6.45) is 6.48. The lowest BCUT2D eigenvalue weighted by Gasteiger charge is -2.38. The second-order valence-electron chi connectivity index (χ2n) is 5.34. The lowest BCUT2D eigenvalue weighted by atomic mass is 9.97. The van der Waals surface area contributed by atoms with Gasteiger partial charge in [0.1, 0.15) is 0 Å². The highest BCUT2D eigenvalue weighted by Crippen LogP contribution is 2.29. The van der Waals surface area contributed by atoms with Gasteiger partial charge >= 0.3 is 0 Å². The predicted molar refractivity (Wildman–Crippen MR) is 75.5 cm³/mol. The fourth-order valence-corrected chi connectivity index (χ4v) is 4.48. The molecule has 4 heteroatoms. The summed E-state index contributed by atoms with van der Waals surface area (Å²) in [5, 5.41) is 0. The van der Waals surface area contributed by atoms with Crippen LogP contribution in [0.1, 0.15) is 25.7 Å². The highest BCUT2D eigenvalue weighted by atomic mass is 32.2. The molecule has 0 amide bonds. The van der Waals surface area contributed by atoms with Gasteiger partial charge in [-0.3, -0.25) is 4.90 Å². The molecule has 3 rings (SSSR count). The number of piperidine rings is 1. The Balaban J connectivity index is 1.88. The van der Waals surface area contributed by atoms with E-state index in [0.717, 1.165) is 13.0 Å². The molecule has 1 fully saturated rings. The normalized spacial score (nSPS) is 24.6. The zero-order valence-corrected chi connectivity index (χ0v) is 11.8. The van der Waals surface area contributed by atoms with Crippen molar-refractivity contribution in [2.75, 3.05) is 13.1 Å². The lowest BCUT2D eigenvalue weighted by molar-refractivity contribution is 0.156. The standard InChI is InChI=1S/C15H19NO2S/c17-19(18,14-7-2-1-3-8-14)15-10-9-13-6-4-5-11-16(13)12-15/h1-3,7-8,10,13H,4-6,9,11-12H2. The Morgan fingerprint density at radius 1 is 1.11 bits per heavy atom. The van der Waals surface area contributed by atoms with E-state index in [-0.39, 0.29) is 0 Å². The molecule has 1 aromatic rings. The van der Waals surface area contributed by atoms with Crippen molar-refractivity contribution in [3.05, 3.63) is 41.3 Å². The monoisotopic (exact) mass is 277 g/mol. The van der Waals surface area contributed by atoms with Crippen LogP contribution >= 0.6 is 0 Å². The Bertz CT molecular complexity index is 577. The first kappa shape index (κ1) is 12.9. The summed E-state index contributed by atoms with van der Waals surface area (Å²) in [4.78, 5) is 3.33. The molecule has 0 aromatic heterocycles. The second-order valence-corrected chi connectivity index (χ2v) is 7.35. The summed E-state index contributed by atoms with van der Waals surface area (Å²) in [6, 6.07) is 9.31. The first-order valence-electron chi connectivity index (χ1n) is 6.91. The van der Waals surface area contributed by atoms with Crippen LogP contribution in [-0.4, -0.2) is 32.4 Å². The van der Waals surface area contributed by atoms with Crippen molar-refractivity contribution >= 4 is 9.84 Å². The molecule has 3 nitrogen and oxygen atoms in total. The summed E-state index contributed by atoms with van der Waals surface area (Å²) in [5.41, 5.74) is 0. The average molecular weight is 277 g/mol. The third kappa shape index (κ3) is 2.47. The maximum Gasteiger partial charge on any atom is 0.203 e. The number of fused-ring (bicyclic) bond motifs is 1. The van der Waals surface area contributed by atoms with E-state index in [2.05, 4.69) is 4.90 Å². The Morgan fingerprint density at radius 3 is 2.68 bits per heavy atom. The number of rotatable bonds is 2. The minimum absolute atomic E-state index is 0.414. The molecule has 0 aliphatic carbocycles. The molecule has 2 aliphatic heterocycles. The van der Waals surface area contributed by atoms with E-state index >= 15 is 0 Å². The zero-order chi connectivity index (χ0) is 13.3. The van der Waals surface area contributed by atoms with Crippen LogP contribution in [0.2, 0.25) is 0 Å². The number of nitrogens with zero attached hydrogens (tertiary/aromatic N) is 1. The number of benzene rings is 1. The van der Waals surface area contributed by atoms with Gasteiger partial charge in [0.15, 0.2) is 0 Å². The van der Waals surface area contributed by atoms with Crippen molar-refractivity contribution in [1.82, 2.24) is 4.90 Å². The van der Waals surface area contributed by atoms with Crippen LogP contribution in [0.5, 0.6) is 0 Å². The van der Waals surface area contributed by atoms with Crippen LogP contribution in [0.25, 0.3) is 0 Å². The largest absolute Gasteiger partial charge is 0.295 e. The molecule has 1 atom stereocenters. The molecule has 2 heterocycles. The zero-order valence-electron chi connectivity index (χ0n) is 11.0. The average Bonchev–Trinajstić information content (AvgIpc) is 2.47. The van der Waals surface area contributed by atoms with E-state index in [1.165, 1.54) is 19.3 Å². The Labute approximate surface area is 114 Å². The van der Waals surface area contributed by atoms with Gasteiger partial charge in [-0.25, -0.2) is 8.42 Å². The Morgan fingerprint density at radius 2 is 1.89 bits per heavy atom. The third-order valence-electron chi connectivity index (χ3n) is 4.12. The highest BCUT2D eigenvalue weighted by Gasteiger charge is 2.31. The molecule has 2 aliphatic rings. The van der Waals surface area contributed by atoms with Crippen molar-refractivity contribution in [2.45, 2.75) is 36.6 Å². The topological polar surface area (TPSA) is 37.4 Å². The van der Waals surface area contributed by atoms with E-state index in [9.17, 15) is 8.42 Å². The van der Waals surface area contributed by atoms with Crippen molar-refractivity contribution in [2.24, 2.45) is 0 Å². The van der Waals surface area contributed by atoms with Gasteiger partial charge in [0.25, 0.3) is 0 Å². The maximum atomic E-state index is 12.6. The van der Waals surface area contributed by atoms with E-state index in [1.54, 1.807) is 24.3 Å². The molecular formula is C15H19NO2S. The summed E-state index contributed by atoms with van der Waals surface area (Å²) >= 11 is 0. The third-order valence-corrected chi connectivity index (χ3v) is 6.00. The second kappa shape index (κ2) is 5.10. The van der Waals surface area contributed by atoms with Gasteiger partial charge in [-0.2, -0.15) is 0 Å². The smallest absolute Gasteiger partial charge is 0.203 e. The van der Waals surface area contributed by atoms with Crippen LogP contribution in [-0.2, 0) is 9.84 Å². The molecule has 0 saturated carbocycles. The van der Waals surface area contributed by atoms with Crippen LogP contribution in [0.4, 0.5) is 0 Å². The van der Waals surface area contributed by atoms with Gasteiger partial charge in [0.05, 0.1) is 9.80 Å². The molecular weight excluding hydrogens is 258 g/mol. The van der Waals surface area contributed by atoms with Crippen molar-refractivity contribution < 1.29 is 8.42 Å². The molecule has 1 aromatic carbocycles. The molecule has 0 bridgehead atoms. The number of sulfone groups is 1. The number of hydrogen-bond donors (Lipinski definition) is 0. The fourth-order valence-electron chi connectivity index (χ4n) is 3.01. The summed E-state index contributed by atoms with van der Waals surface area (Å²) in [5.74, 6) is 0. The Hall–Kier alpha value is -1.13. The minimum atomic E-state index is -3.29. The first-order chi connectivity index (χ1) is 9.18. The molecule has 1 saturated heterocycles. The quantitative estimate of drug-likeness (QED) is 0.834. The van der Waals surface area contributed by atoms with Crippen molar-refractivity contribution in [3.63, 3.8) is 0 Å². The van der Waals surface area contributed by atoms with Crippen LogP contribution in [0.15, 0.2) is 46.2 Å². The van der Waals surface area contributed by atoms with E-state index in [4.69, 9.17) is 0 Å². The molecule has 19 heavy (non-hydrogen) atoms. The fraction of sp³-hybridized carbons (Fsp3) is 0.467. The van der Waals surface area contributed by atoms with Crippen LogP contribution in [0.3, 0.4) is 0 Å². The van der Waals surface area contributed by atoms with E-state index in [0.29, 0.717) is 22.4 Å². The predicted octanol–water partition coefficient (Wildman–Crippen LogP) is 2.60. The number of hydrogen-bond acceptors (Lipinski definition) is 3.